The van der Waals surface area contributed by atoms with E-state index in [2.05, 4.69) is 9.47 Å². The average Bonchev–Trinajstić information content (AvgIpc) is 2.26. The van der Waals surface area contributed by atoms with Crippen molar-refractivity contribution in [1.29, 1.82) is 0 Å². The van der Waals surface area contributed by atoms with Crippen LogP contribution in [-0.4, -0.2) is 76.2 Å². The molecule has 0 N–H and O–H groups in total. The zero-order chi connectivity index (χ0) is 12.6. The molecule has 0 aromatic carbocycles. The zero-order valence-corrected chi connectivity index (χ0v) is 10.4. The predicted molar refractivity (Wildman–Crippen MR) is 59.0 cm³/mol. The number of likely N-dealkylation sites (N-methyl/N-ethyl adjacent to an activating group) is 2. The Balaban J connectivity index is 3.70. The maximum absolute atomic E-state index is 10.9. The van der Waals surface area contributed by atoms with E-state index in [0.29, 0.717) is 13.1 Å². The topological polar surface area (TPSA) is 59.1 Å². The lowest BCUT2D eigenvalue weighted by Crippen LogP contribution is -2.36. The maximum Gasteiger partial charge on any atom is 0.319 e. The molecule has 0 aliphatic carbocycles. The molecule has 0 radical (unpaired) electrons. The van der Waals surface area contributed by atoms with Gasteiger partial charge in [-0.05, 0) is 14.1 Å². The van der Waals surface area contributed by atoms with Crippen molar-refractivity contribution >= 4 is 11.9 Å². The highest BCUT2D eigenvalue weighted by molar-refractivity contribution is 5.71. The first-order chi connectivity index (χ1) is 7.49. The molecule has 0 fully saturated rings. The van der Waals surface area contributed by atoms with Crippen LogP contribution in [0.3, 0.4) is 0 Å². The third-order valence-electron chi connectivity index (χ3n) is 2.12. The van der Waals surface area contributed by atoms with Crippen molar-refractivity contribution in [3.05, 3.63) is 0 Å². The number of carbonyl (C=O) groups excluding carboxylic acids is 2. The van der Waals surface area contributed by atoms with E-state index in [1.807, 2.05) is 23.9 Å². The van der Waals surface area contributed by atoms with E-state index >= 15 is 0 Å². The van der Waals surface area contributed by atoms with Crippen LogP contribution in [-0.2, 0) is 19.1 Å². The summed E-state index contributed by atoms with van der Waals surface area (Å²) in [6.07, 6.45) is 0. The zero-order valence-electron chi connectivity index (χ0n) is 10.4. The van der Waals surface area contributed by atoms with Gasteiger partial charge in [0.05, 0.1) is 27.3 Å². The summed E-state index contributed by atoms with van der Waals surface area (Å²) in [5.74, 6) is -0.531. The average molecular weight is 232 g/mol. The van der Waals surface area contributed by atoms with Crippen LogP contribution in [0.15, 0.2) is 0 Å². The molecule has 0 saturated carbocycles. The van der Waals surface area contributed by atoms with Gasteiger partial charge in [-0.2, -0.15) is 0 Å². The van der Waals surface area contributed by atoms with Gasteiger partial charge in [0.2, 0.25) is 0 Å². The molecule has 0 aromatic heterocycles. The fraction of sp³-hybridized carbons (Fsp3) is 0.800. The second-order valence-corrected chi connectivity index (χ2v) is 3.63. The monoisotopic (exact) mass is 232 g/mol. The van der Waals surface area contributed by atoms with E-state index in [1.165, 1.54) is 14.2 Å². The highest BCUT2D eigenvalue weighted by atomic mass is 16.5. The van der Waals surface area contributed by atoms with Crippen LogP contribution in [0.5, 0.6) is 0 Å². The van der Waals surface area contributed by atoms with Crippen molar-refractivity contribution in [3.63, 3.8) is 0 Å². The fourth-order valence-corrected chi connectivity index (χ4v) is 1.07. The van der Waals surface area contributed by atoms with Crippen molar-refractivity contribution in [1.82, 2.24) is 9.80 Å². The van der Waals surface area contributed by atoms with E-state index in [4.69, 9.17) is 0 Å². The molecule has 0 saturated heterocycles. The summed E-state index contributed by atoms with van der Waals surface area (Å²) in [5.41, 5.74) is 0. The number of hydrogen-bond donors (Lipinski definition) is 0. The van der Waals surface area contributed by atoms with Crippen LogP contribution in [0, 0.1) is 0 Å². The molecular weight excluding hydrogens is 212 g/mol. The normalized spacial score (nSPS) is 10.6. The minimum Gasteiger partial charge on any atom is -0.468 e. The second kappa shape index (κ2) is 8.06. The largest absolute Gasteiger partial charge is 0.468 e. The SMILES string of the molecule is COC(=O)CN(C)CCN(C)CC(=O)OC. The molecule has 0 aromatic rings. The highest BCUT2D eigenvalue weighted by Crippen LogP contribution is 1.89. The van der Waals surface area contributed by atoms with Crippen LogP contribution in [0.1, 0.15) is 0 Å². The van der Waals surface area contributed by atoms with Crippen molar-refractivity contribution < 1.29 is 19.1 Å². The molecule has 0 unspecified atom stereocenters. The Kier molecular flexibility index (Phi) is 7.49. The lowest BCUT2D eigenvalue weighted by atomic mass is 10.4. The van der Waals surface area contributed by atoms with Crippen LogP contribution >= 0.6 is 0 Å². The molecule has 0 aliphatic rings. The summed E-state index contributed by atoms with van der Waals surface area (Å²) >= 11 is 0. The van der Waals surface area contributed by atoms with E-state index in [-0.39, 0.29) is 25.0 Å². The van der Waals surface area contributed by atoms with E-state index in [0.717, 1.165) is 0 Å². The summed E-state index contributed by atoms with van der Waals surface area (Å²) in [6.45, 7) is 1.87. The number of hydrogen-bond acceptors (Lipinski definition) is 6. The molecule has 0 rings (SSSR count). The highest BCUT2D eigenvalue weighted by Gasteiger charge is 2.09. The lowest BCUT2D eigenvalue weighted by Gasteiger charge is -2.20. The van der Waals surface area contributed by atoms with Gasteiger partial charge in [0.15, 0.2) is 0 Å². The Labute approximate surface area is 96.1 Å². The van der Waals surface area contributed by atoms with Crippen LogP contribution in [0.4, 0.5) is 0 Å². The first kappa shape index (κ1) is 14.9. The molecule has 94 valence electrons. The van der Waals surface area contributed by atoms with Crippen molar-refractivity contribution in [3.8, 4) is 0 Å². The van der Waals surface area contributed by atoms with Crippen molar-refractivity contribution in [2.24, 2.45) is 0 Å². The number of carbonyl (C=O) groups is 2. The maximum atomic E-state index is 10.9. The van der Waals surface area contributed by atoms with Gasteiger partial charge in [0, 0.05) is 13.1 Å². The standard InChI is InChI=1S/C10H20N2O4/c1-11(7-9(13)15-3)5-6-12(2)8-10(14)16-4/h5-8H2,1-4H3. The molecule has 0 spiro atoms. The molecule has 0 heterocycles. The van der Waals surface area contributed by atoms with E-state index in [1.54, 1.807) is 0 Å². The second-order valence-electron chi connectivity index (χ2n) is 3.63. The molecule has 0 bridgehead atoms. The summed E-state index contributed by atoms with van der Waals surface area (Å²) in [6, 6.07) is 0. The number of methoxy groups -OCH3 is 2. The molecule has 16 heavy (non-hydrogen) atoms. The minimum atomic E-state index is -0.266. The molecular formula is C10H20N2O4. The summed E-state index contributed by atoms with van der Waals surface area (Å²) in [7, 11) is 6.37. The van der Waals surface area contributed by atoms with Crippen LogP contribution in [0.25, 0.3) is 0 Å². The summed E-state index contributed by atoms with van der Waals surface area (Å²) < 4.78 is 9.08. The predicted octanol–water partition coefficient (Wildman–Crippen LogP) is -0.804. The van der Waals surface area contributed by atoms with Gasteiger partial charge in [0.25, 0.3) is 0 Å². The van der Waals surface area contributed by atoms with Crippen LogP contribution in [0.2, 0.25) is 0 Å². The van der Waals surface area contributed by atoms with Crippen LogP contribution < -0.4 is 0 Å². The Hall–Kier alpha value is -1.14. The van der Waals surface area contributed by atoms with E-state index in [9.17, 15) is 9.59 Å². The minimum absolute atomic E-state index is 0.253. The van der Waals surface area contributed by atoms with Gasteiger partial charge >= 0.3 is 11.9 Å². The number of nitrogens with zero attached hydrogens (tertiary/aromatic N) is 2. The third kappa shape index (κ3) is 7.19. The van der Waals surface area contributed by atoms with Gasteiger partial charge in [-0.15, -0.1) is 0 Å². The van der Waals surface area contributed by atoms with Gasteiger partial charge in [-0.25, -0.2) is 0 Å². The van der Waals surface area contributed by atoms with Crippen molar-refractivity contribution in [2.75, 3.05) is 54.5 Å². The van der Waals surface area contributed by atoms with Crippen molar-refractivity contribution in [2.45, 2.75) is 0 Å². The molecule has 6 nitrogen and oxygen atoms in total. The van der Waals surface area contributed by atoms with Gasteiger partial charge in [-0.3, -0.25) is 19.4 Å². The first-order valence-electron chi connectivity index (χ1n) is 5.00. The number of ether oxygens (including phenoxy) is 2. The molecule has 0 aliphatic heterocycles. The number of rotatable bonds is 7. The Bertz CT molecular complexity index is 209. The Morgan fingerprint density at radius 1 is 0.875 bits per heavy atom. The Morgan fingerprint density at radius 2 is 1.19 bits per heavy atom. The quantitative estimate of drug-likeness (QED) is 0.535. The molecule has 6 heteroatoms. The first-order valence-corrected chi connectivity index (χ1v) is 5.00. The fourth-order valence-electron chi connectivity index (χ4n) is 1.07. The third-order valence-corrected chi connectivity index (χ3v) is 2.12. The number of esters is 2. The molecule has 0 atom stereocenters. The van der Waals surface area contributed by atoms with Gasteiger partial charge in [-0.1, -0.05) is 0 Å². The molecule has 0 amide bonds. The van der Waals surface area contributed by atoms with E-state index < -0.39 is 0 Å². The summed E-state index contributed by atoms with van der Waals surface area (Å²) in [4.78, 5) is 25.5. The smallest absolute Gasteiger partial charge is 0.319 e. The summed E-state index contributed by atoms with van der Waals surface area (Å²) in [5, 5.41) is 0. The van der Waals surface area contributed by atoms with Gasteiger partial charge < -0.3 is 9.47 Å². The Morgan fingerprint density at radius 3 is 1.44 bits per heavy atom. The van der Waals surface area contributed by atoms with Gasteiger partial charge in [0.1, 0.15) is 0 Å². The lowest BCUT2D eigenvalue weighted by molar-refractivity contribution is -0.143.